The molecule has 5 rings (SSSR count). The highest BCUT2D eigenvalue weighted by atomic mass is 32.1. The highest BCUT2D eigenvalue weighted by Crippen LogP contribution is 2.43. The van der Waals surface area contributed by atoms with Gasteiger partial charge >= 0.3 is 0 Å². The van der Waals surface area contributed by atoms with Crippen LogP contribution in [0.2, 0.25) is 0 Å². The van der Waals surface area contributed by atoms with Crippen molar-refractivity contribution >= 4 is 33.0 Å². The molecule has 0 fully saturated rings. The lowest BCUT2D eigenvalue weighted by Crippen LogP contribution is -2.39. The SMILES string of the molecule is CCOc1ccc2ccccc2c1[C@@H]1NC(=O)c2c(sc3c2CCN(C)C3)N1. The van der Waals surface area contributed by atoms with E-state index < -0.39 is 0 Å². The smallest absolute Gasteiger partial charge is 0.256 e. The van der Waals surface area contributed by atoms with Gasteiger partial charge in [0.05, 0.1) is 12.2 Å². The maximum absolute atomic E-state index is 13.1. The molecule has 1 amide bonds. The van der Waals surface area contributed by atoms with Crippen LogP contribution < -0.4 is 15.4 Å². The molecule has 0 saturated carbocycles. The summed E-state index contributed by atoms with van der Waals surface area (Å²) in [5, 5.41) is 9.99. The van der Waals surface area contributed by atoms with Gasteiger partial charge in [0.15, 0.2) is 0 Å². The van der Waals surface area contributed by atoms with E-state index in [1.165, 1.54) is 10.4 Å². The van der Waals surface area contributed by atoms with Crippen LogP contribution in [-0.2, 0) is 13.0 Å². The molecule has 2 aliphatic rings. The van der Waals surface area contributed by atoms with Gasteiger partial charge < -0.3 is 20.3 Å². The van der Waals surface area contributed by atoms with Gasteiger partial charge in [-0.15, -0.1) is 11.3 Å². The predicted octanol–water partition coefficient (Wildman–Crippen LogP) is 4.14. The Kier molecular flexibility index (Phi) is 4.25. The van der Waals surface area contributed by atoms with E-state index in [4.69, 9.17) is 4.74 Å². The highest BCUT2D eigenvalue weighted by Gasteiger charge is 2.34. The van der Waals surface area contributed by atoms with Crippen LogP contribution >= 0.6 is 11.3 Å². The van der Waals surface area contributed by atoms with Crippen molar-refractivity contribution in [3.63, 3.8) is 0 Å². The summed E-state index contributed by atoms with van der Waals surface area (Å²) in [6.45, 7) is 4.46. The Morgan fingerprint density at radius 3 is 2.93 bits per heavy atom. The fourth-order valence-corrected chi connectivity index (χ4v) is 5.60. The van der Waals surface area contributed by atoms with Crippen LogP contribution in [0.1, 0.15) is 39.5 Å². The van der Waals surface area contributed by atoms with Crippen molar-refractivity contribution in [1.82, 2.24) is 10.2 Å². The van der Waals surface area contributed by atoms with E-state index in [1.54, 1.807) is 11.3 Å². The number of ether oxygens (including phenoxy) is 1. The Morgan fingerprint density at radius 1 is 1.21 bits per heavy atom. The molecule has 5 nitrogen and oxygen atoms in total. The van der Waals surface area contributed by atoms with Crippen molar-refractivity contribution in [2.75, 3.05) is 25.5 Å². The minimum absolute atomic E-state index is 0.0104. The van der Waals surface area contributed by atoms with E-state index in [9.17, 15) is 4.79 Å². The monoisotopic (exact) mass is 393 g/mol. The van der Waals surface area contributed by atoms with E-state index >= 15 is 0 Å². The van der Waals surface area contributed by atoms with Gasteiger partial charge in [-0.3, -0.25) is 4.79 Å². The second-order valence-corrected chi connectivity index (χ2v) is 8.48. The summed E-state index contributed by atoms with van der Waals surface area (Å²) >= 11 is 1.71. The van der Waals surface area contributed by atoms with Crippen LogP contribution in [0.4, 0.5) is 5.00 Å². The number of nitrogens with zero attached hydrogens (tertiary/aromatic N) is 1. The molecule has 2 N–H and O–H groups in total. The third kappa shape index (κ3) is 2.75. The minimum Gasteiger partial charge on any atom is -0.493 e. The molecule has 3 aromatic rings. The zero-order valence-electron chi connectivity index (χ0n) is 16.0. The largest absolute Gasteiger partial charge is 0.493 e. The molecule has 6 heteroatoms. The van der Waals surface area contributed by atoms with E-state index in [-0.39, 0.29) is 12.1 Å². The molecule has 0 unspecified atom stereocenters. The molecule has 0 spiro atoms. The van der Waals surface area contributed by atoms with Crippen molar-refractivity contribution < 1.29 is 9.53 Å². The van der Waals surface area contributed by atoms with Gasteiger partial charge in [-0.05, 0) is 42.8 Å². The lowest BCUT2D eigenvalue weighted by Gasteiger charge is -2.29. The maximum Gasteiger partial charge on any atom is 0.256 e. The van der Waals surface area contributed by atoms with Crippen LogP contribution in [0.5, 0.6) is 5.75 Å². The van der Waals surface area contributed by atoms with Gasteiger partial charge in [0.1, 0.15) is 16.9 Å². The average molecular weight is 394 g/mol. The van der Waals surface area contributed by atoms with E-state index in [1.807, 2.05) is 25.1 Å². The first kappa shape index (κ1) is 17.5. The van der Waals surface area contributed by atoms with Crippen molar-refractivity contribution in [2.24, 2.45) is 0 Å². The maximum atomic E-state index is 13.1. The van der Waals surface area contributed by atoms with Gasteiger partial charge in [-0.25, -0.2) is 0 Å². The number of amides is 1. The first-order valence-electron chi connectivity index (χ1n) is 9.70. The van der Waals surface area contributed by atoms with E-state index in [0.717, 1.165) is 52.2 Å². The van der Waals surface area contributed by atoms with Gasteiger partial charge in [0, 0.05) is 23.5 Å². The molecule has 0 bridgehead atoms. The Labute approximate surface area is 168 Å². The van der Waals surface area contributed by atoms with Gasteiger partial charge in [-0.2, -0.15) is 0 Å². The summed E-state index contributed by atoms with van der Waals surface area (Å²) in [5.41, 5.74) is 3.04. The van der Waals surface area contributed by atoms with Crippen molar-refractivity contribution in [3.05, 3.63) is 58.0 Å². The number of thiophene rings is 1. The summed E-state index contributed by atoms with van der Waals surface area (Å²) in [6, 6.07) is 12.3. The lowest BCUT2D eigenvalue weighted by atomic mass is 9.98. The molecule has 144 valence electrons. The predicted molar refractivity (Wildman–Crippen MR) is 113 cm³/mol. The Bertz CT molecular complexity index is 1080. The molecule has 1 aromatic heterocycles. The topological polar surface area (TPSA) is 53.6 Å². The number of likely N-dealkylation sites (N-methyl/N-ethyl adjacent to an activating group) is 1. The number of fused-ring (bicyclic) bond motifs is 4. The van der Waals surface area contributed by atoms with Crippen LogP contribution in [0.15, 0.2) is 36.4 Å². The number of carbonyl (C=O) groups excluding carboxylic acids is 1. The van der Waals surface area contributed by atoms with Gasteiger partial charge in [-0.1, -0.05) is 30.3 Å². The minimum atomic E-state index is -0.314. The second-order valence-electron chi connectivity index (χ2n) is 7.38. The molecular weight excluding hydrogens is 370 g/mol. The molecule has 0 aliphatic carbocycles. The summed E-state index contributed by atoms with van der Waals surface area (Å²) < 4.78 is 5.92. The van der Waals surface area contributed by atoms with Gasteiger partial charge in [0.2, 0.25) is 0 Å². The Hall–Kier alpha value is -2.57. The third-order valence-electron chi connectivity index (χ3n) is 5.54. The molecule has 2 aliphatic heterocycles. The molecule has 0 saturated heterocycles. The van der Waals surface area contributed by atoms with Crippen LogP contribution in [0.25, 0.3) is 10.8 Å². The number of anilines is 1. The summed E-state index contributed by atoms with van der Waals surface area (Å²) in [6.07, 6.45) is 0.612. The number of benzene rings is 2. The number of rotatable bonds is 3. The first-order chi connectivity index (χ1) is 13.7. The molecule has 1 atom stereocenters. The van der Waals surface area contributed by atoms with Crippen LogP contribution in [-0.4, -0.2) is 31.0 Å². The average Bonchev–Trinajstić information content (AvgIpc) is 3.05. The summed E-state index contributed by atoms with van der Waals surface area (Å²) in [7, 11) is 2.13. The normalized spacial score (nSPS) is 18.9. The quantitative estimate of drug-likeness (QED) is 0.702. The fourth-order valence-electron chi connectivity index (χ4n) is 4.24. The zero-order valence-corrected chi connectivity index (χ0v) is 16.9. The molecular formula is C22H23N3O2S. The summed E-state index contributed by atoms with van der Waals surface area (Å²) in [4.78, 5) is 16.7. The molecule has 28 heavy (non-hydrogen) atoms. The van der Waals surface area contributed by atoms with Crippen LogP contribution in [0, 0.1) is 0 Å². The number of nitrogens with one attached hydrogen (secondary N) is 2. The van der Waals surface area contributed by atoms with Gasteiger partial charge in [0.25, 0.3) is 5.91 Å². The van der Waals surface area contributed by atoms with Crippen molar-refractivity contribution in [3.8, 4) is 5.75 Å². The van der Waals surface area contributed by atoms with E-state index in [0.29, 0.717) is 6.61 Å². The molecule has 3 heterocycles. The fraction of sp³-hybridized carbons (Fsp3) is 0.318. The Morgan fingerprint density at radius 2 is 2.07 bits per heavy atom. The summed E-state index contributed by atoms with van der Waals surface area (Å²) in [5.74, 6) is 0.819. The Balaban J connectivity index is 1.61. The number of hydrogen-bond donors (Lipinski definition) is 2. The second kappa shape index (κ2) is 6.79. The number of carbonyl (C=O) groups is 1. The number of hydrogen-bond acceptors (Lipinski definition) is 5. The molecule has 2 aromatic carbocycles. The van der Waals surface area contributed by atoms with Crippen molar-refractivity contribution in [1.29, 1.82) is 0 Å². The first-order valence-corrected chi connectivity index (χ1v) is 10.5. The standard InChI is InChI=1S/C22H23N3O2S/c1-3-27-16-9-8-13-6-4-5-7-14(13)18(16)20-23-21(26)19-15-10-11-25(2)12-17(15)28-22(19)24-20/h4-9,20,24H,3,10-12H2,1-2H3,(H,23,26)/t20-/m1/s1. The lowest BCUT2D eigenvalue weighted by molar-refractivity contribution is 0.0934. The van der Waals surface area contributed by atoms with Crippen molar-refractivity contribution in [2.45, 2.75) is 26.1 Å². The van der Waals surface area contributed by atoms with Crippen LogP contribution in [0.3, 0.4) is 0 Å². The zero-order chi connectivity index (χ0) is 19.3. The highest BCUT2D eigenvalue weighted by molar-refractivity contribution is 7.16. The molecule has 0 radical (unpaired) electrons. The third-order valence-corrected chi connectivity index (χ3v) is 6.69. The van der Waals surface area contributed by atoms with E-state index in [2.05, 4.69) is 40.8 Å².